The minimum atomic E-state index is -0.539. The van der Waals surface area contributed by atoms with Crippen molar-refractivity contribution >= 4 is 11.2 Å². The fraction of sp³-hybridized carbons (Fsp3) is 0.115. The maximum atomic E-state index is 13.6. The van der Waals surface area contributed by atoms with Crippen LogP contribution in [0.25, 0.3) is 16.9 Å². The molecule has 0 bridgehead atoms. The van der Waals surface area contributed by atoms with Crippen molar-refractivity contribution in [2.24, 2.45) is 0 Å². The lowest BCUT2D eigenvalue weighted by molar-refractivity contribution is 0.414. The van der Waals surface area contributed by atoms with Gasteiger partial charge in [0.25, 0.3) is 5.56 Å². The summed E-state index contributed by atoms with van der Waals surface area (Å²) in [5.74, 6) is 0.310. The molecule has 0 radical (unpaired) electrons. The van der Waals surface area contributed by atoms with Crippen LogP contribution in [0.5, 0.6) is 5.75 Å². The molecule has 3 aromatic carbocycles. The number of benzene rings is 3. The third-order valence-electron chi connectivity index (χ3n) is 5.68. The molecule has 0 unspecified atom stereocenters. The van der Waals surface area contributed by atoms with Crippen molar-refractivity contribution in [2.75, 3.05) is 7.11 Å². The van der Waals surface area contributed by atoms with E-state index in [2.05, 4.69) is 4.98 Å². The molecule has 170 valence electrons. The van der Waals surface area contributed by atoms with E-state index in [0.29, 0.717) is 12.2 Å². The van der Waals surface area contributed by atoms with Crippen molar-refractivity contribution in [3.05, 3.63) is 123 Å². The Morgan fingerprint density at radius 2 is 1.53 bits per heavy atom. The lowest BCUT2D eigenvalue weighted by Crippen LogP contribution is -2.40. The molecule has 0 aliphatic heterocycles. The van der Waals surface area contributed by atoms with Crippen LogP contribution in [0.3, 0.4) is 0 Å². The van der Waals surface area contributed by atoms with E-state index >= 15 is 0 Å². The Labute approximate surface area is 193 Å². The lowest BCUT2D eigenvalue weighted by Gasteiger charge is -2.13. The molecule has 5 aromatic rings. The molecular formula is C26H21FN4O3. The highest BCUT2D eigenvalue weighted by atomic mass is 19.1. The summed E-state index contributed by atoms with van der Waals surface area (Å²) >= 11 is 0. The van der Waals surface area contributed by atoms with Crippen LogP contribution in [0, 0.1) is 5.82 Å². The highest BCUT2D eigenvalue weighted by Crippen LogP contribution is 2.17. The minimum Gasteiger partial charge on any atom is -0.497 e. The largest absolute Gasteiger partial charge is 0.497 e. The van der Waals surface area contributed by atoms with Crippen molar-refractivity contribution in [1.29, 1.82) is 0 Å². The molecular weight excluding hydrogens is 435 g/mol. The van der Waals surface area contributed by atoms with E-state index in [0.717, 1.165) is 16.9 Å². The quantitative estimate of drug-likeness (QED) is 0.392. The Hall–Kier alpha value is -4.46. The molecule has 0 amide bonds. The zero-order chi connectivity index (χ0) is 23.7. The molecule has 0 aliphatic rings. The van der Waals surface area contributed by atoms with Gasteiger partial charge in [0.05, 0.1) is 25.7 Å². The fourth-order valence-electron chi connectivity index (χ4n) is 3.96. The number of methoxy groups -OCH3 is 1. The summed E-state index contributed by atoms with van der Waals surface area (Å²) in [7, 11) is 1.60. The van der Waals surface area contributed by atoms with Gasteiger partial charge in [-0.3, -0.25) is 9.36 Å². The molecule has 8 heteroatoms. The van der Waals surface area contributed by atoms with Crippen LogP contribution in [-0.2, 0) is 13.1 Å². The molecule has 2 heterocycles. The van der Waals surface area contributed by atoms with Gasteiger partial charge in [-0.2, -0.15) is 0 Å². The smallest absolute Gasteiger partial charge is 0.337 e. The molecule has 34 heavy (non-hydrogen) atoms. The Morgan fingerprint density at radius 1 is 0.853 bits per heavy atom. The first kappa shape index (κ1) is 21.4. The topological polar surface area (TPSA) is 71.1 Å². The summed E-state index contributed by atoms with van der Waals surface area (Å²) in [6.45, 7) is 0.478. The number of aromatic nitrogens is 4. The second-order valence-electron chi connectivity index (χ2n) is 7.86. The number of hydrogen-bond donors (Lipinski definition) is 0. The van der Waals surface area contributed by atoms with Gasteiger partial charge in [-0.05, 0) is 47.5 Å². The molecule has 0 fully saturated rings. The van der Waals surface area contributed by atoms with Gasteiger partial charge < -0.3 is 9.30 Å². The molecule has 0 aliphatic carbocycles. The average molecular weight is 456 g/mol. The van der Waals surface area contributed by atoms with Gasteiger partial charge in [0.2, 0.25) is 0 Å². The number of hydrogen-bond acceptors (Lipinski definition) is 4. The number of ether oxygens (including phenoxy) is 1. The van der Waals surface area contributed by atoms with Crippen LogP contribution in [0.1, 0.15) is 11.1 Å². The van der Waals surface area contributed by atoms with Crippen molar-refractivity contribution < 1.29 is 9.13 Å². The first-order valence-electron chi connectivity index (χ1n) is 10.7. The first-order chi connectivity index (χ1) is 16.5. The zero-order valence-corrected chi connectivity index (χ0v) is 18.4. The zero-order valence-electron chi connectivity index (χ0n) is 18.4. The van der Waals surface area contributed by atoms with Crippen LogP contribution in [0.4, 0.5) is 4.39 Å². The number of halogens is 1. The van der Waals surface area contributed by atoms with Gasteiger partial charge in [0.1, 0.15) is 11.6 Å². The first-order valence-corrected chi connectivity index (χ1v) is 10.7. The second kappa shape index (κ2) is 8.82. The van der Waals surface area contributed by atoms with Crippen LogP contribution in [0.2, 0.25) is 0 Å². The van der Waals surface area contributed by atoms with E-state index in [9.17, 15) is 14.0 Å². The van der Waals surface area contributed by atoms with Crippen LogP contribution in [-0.4, -0.2) is 25.8 Å². The predicted molar refractivity (Wildman–Crippen MR) is 127 cm³/mol. The third kappa shape index (κ3) is 3.90. The van der Waals surface area contributed by atoms with E-state index in [1.54, 1.807) is 18.0 Å². The maximum Gasteiger partial charge on any atom is 0.337 e. The molecule has 2 aromatic heterocycles. The van der Waals surface area contributed by atoms with Gasteiger partial charge >= 0.3 is 5.69 Å². The number of rotatable bonds is 6. The van der Waals surface area contributed by atoms with E-state index in [4.69, 9.17) is 4.74 Å². The summed E-state index contributed by atoms with van der Waals surface area (Å²) in [4.78, 5) is 31.5. The van der Waals surface area contributed by atoms with E-state index in [1.165, 1.54) is 33.4 Å². The number of fused-ring (bicyclic) bond motifs is 1. The summed E-state index contributed by atoms with van der Waals surface area (Å²) in [6, 6.07) is 22.3. The van der Waals surface area contributed by atoms with Crippen molar-refractivity contribution in [3.8, 4) is 11.4 Å². The number of nitrogens with zero attached hydrogens (tertiary/aromatic N) is 4. The molecule has 7 nitrogen and oxygen atoms in total. The third-order valence-corrected chi connectivity index (χ3v) is 5.68. The standard InChI is InChI=1S/C26H21FN4O3/c1-34-22-13-7-19(8-14-22)15-29-17-28-24-23(29)25(32)30(16-18-5-3-2-4-6-18)26(33)31(24)21-11-9-20(27)10-12-21/h2-14,17H,15-16H2,1H3. The van der Waals surface area contributed by atoms with Crippen molar-refractivity contribution in [2.45, 2.75) is 13.1 Å². The summed E-state index contributed by atoms with van der Waals surface area (Å²) in [5, 5.41) is 0. The summed E-state index contributed by atoms with van der Waals surface area (Å²) in [5.41, 5.74) is 1.71. The molecule has 0 spiro atoms. The molecule has 0 saturated carbocycles. The fourth-order valence-corrected chi connectivity index (χ4v) is 3.96. The monoisotopic (exact) mass is 456 g/mol. The second-order valence-corrected chi connectivity index (χ2v) is 7.86. The van der Waals surface area contributed by atoms with Gasteiger partial charge in [0, 0.05) is 6.54 Å². The Kier molecular flexibility index (Phi) is 5.55. The van der Waals surface area contributed by atoms with E-state index in [1.807, 2.05) is 54.6 Å². The number of imidazole rings is 1. The van der Waals surface area contributed by atoms with Gasteiger partial charge in [-0.25, -0.2) is 18.7 Å². The minimum absolute atomic E-state index is 0.101. The summed E-state index contributed by atoms with van der Waals surface area (Å²) in [6.07, 6.45) is 1.54. The molecule has 0 N–H and O–H groups in total. The van der Waals surface area contributed by atoms with E-state index < -0.39 is 17.1 Å². The maximum absolute atomic E-state index is 13.6. The molecule has 5 rings (SSSR count). The summed E-state index contributed by atoms with van der Waals surface area (Å²) < 4.78 is 23.1. The average Bonchev–Trinajstić information content (AvgIpc) is 3.27. The SMILES string of the molecule is COc1ccc(Cn2cnc3c2c(=O)n(Cc2ccccc2)c(=O)n3-c2ccc(F)cc2)cc1. The van der Waals surface area contributed by atoms with Crippen LogP contribution < -0.4 is 16.0 Å². The Balaban J connectivity index is 1.72. The highest BCUT2D eigenvalue weighted by molar-refractivity contribution is 5.72. The van der Waals surface area contributed by atoms with Gasteiger partial charge in [0.15, 0.2) is 11.2 Å². The van der Waals surface area contributed by atoms with Crippen LogP contribution >= 0.6 is 0 Å². The Bertz CT molecular complexity index is 1570. The van der Waals surface area contributed by atoms with E-state index in [-0.39, 0.29) is 17.7 Å². The highest BCUT2D eigenvalue weighted by Gasteiger charge is 2.19. The normalized spacial score (nSPS) is 11.1. The predicted octanol–water partition coefficient (Wildman–Crippen LogP) is 3.59. The molecule has 0 saturated heterocycles. The lowest BCUT2D eigenvalue weighted by atomic mass is 10.2. The van der Waals surface area contributed by atoms with Gasteiger partial charge in [-0.15, -0.1) is 0 Å². The van der Waals surface area contributed by atoms with Gasteiger partial charge in [-0.1, -0.05) is 42.5 Å². The molecule has 0 atom stereocenters. The van der Waals surface area contributed by atoms with Crippen molar-refractivity contribution in [1.82, 2.24) is 18.7 Å². The Morgan fingerprint density at radius 3 is 2.21 bits per heavy atom. The van der Waals surface area contributed by atoms with Crippen molar-refractivity contribution in [3.63, 3.8) is 0 Å². The van der Waals surface area contributed by atoms with Crippen LogP contribution in [0.15, 0.2) is 94.8 Å².